The number of nitrogens with zero attached hydrogens (tertiary/aromatic N) is 1. The molecule has 1 aliphatic rings. The zero-order valence-electron chi connectivity index (χ0n) is 16.8. The normalized spacial score (nSPS) is 15.8. The first-order chi connectivity index (χ1) is 13.4. The van der Waals surface area contributed by atoms with Gasteiger partial charge in [-0.15, -0.1) is 6.58 Å². The molecule has 1 fully saturated rings. The summed E-state index contributed by atoms with van der Waals surface area (Å²) in [6, 6.07) is 8.24. The third-order valence-electron chi connectivity index (χ3n) is 4.97. The summed E-state index contributed by atoms with van der Waals surface area (Å²) >= 11 is 0. The van der Waals surface area contributed by atoms with Gasteiger partial charge in [0.1, 0.15) is 6.04 Å². The molecule has 1 atom stereocenters. The van der Waals surface area contributed by atoms with Crippen LogP contribution < -0.4 is 10.6 Å². The van der Waals surface area contributed by atoms with Crippen molar-refractivity contribution in [2.75, 3.05) is 19.6 Å². The van der Waals surface area contributed by atoms with Crippen LogP contribution in [0.4, 0.5) is 0 Å². The third kappa shape index (κ3) is 6.22. The SMILES string of the molecule is C=CCNC(=O)C(NC(=O)c1ccccc1)C1CCN(C(=O)CC(C)C)CC1. The maximum Gasteiger partial charge on any atom is 0.251 e. The van der Waals surface area contributed by atoms with Crippen molar-refractivity contribution in [3.63, 3.8) is 0 Å². The molecule has 6 heteroatoms. The van der Waals surface area contributed by atoms with E-state index in [9.17, 15) is 14.4 Å². The van der Waals surface area contributed by atoms with Gasteiger partial charge in [0.25, 0.3) is 5.91 Å². The number of rotatable bonds is 8. The largest absolute Gasteiger partial charge is 0.351 e. The number of nitrogens with one attached hydrogen (secondary N) is 2. The second-order valence-electron chi connectivity index (χ2n) is 7.67. The van der Waals surface area contributed by atoms with E-state index in [1.54, 1.807) is 30.3 Å². The van der Waals surface area contributed by atoms with Gasteiger partial charge in [0, 0.05) is 31.6 Å². The Bertz CT molecular complexity index is 680. The minimum Gasteiger partial charge on any atom is -0.351 e. The Morgan fingerprint density at radius 2 is 1.82 bits per heavy atom. The maximum absolute atomic E-state index is 12.7. The van der Waals surface area contributed by atoms with Crippen LogP contribution in [0.25, 0.3) is 0 Å². The smallest absolute Gasteiger partial charge is 0.251 e. The highest BCUT2D eigenvalue weighted by Gasteiger charge is 2.33. The third-order valence-corrected chi connectivity index (χ3v) is 4.97. The van der Waals surface area contributed by atoms with E-state index >= 15 is 0 Å². The number of benzene rings is 1. The summed E-state index contributed by atoms with van der Waals surface area (Å²) in [4.78, 5) is 39.4. The van der Waals surface area contributed by atoms with Gasteiger partial charge in [-0.05, 0) is 36.8 Å². The number of amides is 3. The molecule has 1 aliphatic heterocycles. The molecule has 1 heterocycles. The molecule has 152 valence electrons. The van der Waals surface area contributed by atoms with Crippen LogP contribution in [0, 0.1) is 11.8 Å². The lowest BCUT2D eigenvalue weighted by Crippen LogP contribution is -2.53. The number of hydrogen-bond donors (Lipinski definition) is 2. The molecule has 0 radical (unpaired) electrons. The van der Waals surface area contributed by atoms with Crippen LogP contribution in [-0.2, 0) is 9.59 Å². The highest BCUT2D eigenvalue weighted by Crippen LogP contribution is 2.22. The Hall–Kier alpha value is -2.63. The van der Waals surface area contributed by atoms with E-state index in [1.165, 1.54) is 0 Å². The minimum atomic E-state index is -0.630. The van der Waals surface area contributed by atoms with Gasteiger partial charge in [0.2, 0.25) is 11.8 Å². The van der Waals surface area contributed by atoms with Crippen LogP contribution in [0.3, 0.4) is 0 Å². The fourth-order valence-electron chi connectivity index (χ4n) is 3.45. The second kappa shape index (κ2) is 10.6. The predicted octanol–water partition coefficient (Wildman–Crippen LogP) is 2.37. The summed E-state index contributed by atoms with van der Waals surface area (Å²) in [6.07, 6.45) is 3.52. The minimum absolute atomic E-state index is 0.0134. The summed E-state index contributed by atoms with van der Waals surface area (Å²) in [7, 11) is 0. The summed E-state index contributed by atoms with van der Waals surface area (Å²) < 4.78 is 0. The van der Waals surface area contributed by atoms with Gasteiger partial charge in [0.15, 0.2) is 0 Å². The van der Waals surface area contributed by atoms with Crippen LogP contribution in [-0.4, -0.2) is 48.3 Å². The first-order valence-electron chi connectivity index (χ1n) is 9.94. The fourth-order valence-corrected chi connectivity index (χ4v) is 3.45. The molecule has 0 spiro atoms. The van der Waals surface area contributed by atoms with Crippen LogP contribution in [0.1, 0.15) is 43.5 Å². The monoisotopic (exact) mass is 385 g/mol. The summed E-state index contributed by atoms with van der Waals surface area (Å²) in [5.41, 5.74) is 0.522. The van der Waals surface area contributed by atoms with Gasteiger partial charge in [-0.1, -0.05) is 38.1 Å². The van der Waals surface area contributed by atoms with Gasteiger partial charge in [-0.25, -0.2) is 0 Å². The van der Waals surface area contributed by atoms with Crippen molar-refractivity contribution < 1.29 is 14.4 Å². The van der Waals surface area contributed by atoms with E-state index in [0.29, 0.717) is 50.4 Å². The zero-order chi connectivity index (χ0) is 20.5. The number of carbonyl (C=O) groups is 3. The quantitative estimate of drug-likeness (QED) is 0.675. The van der Waals surface area contributed by atoms with E-state index in [1.807, 2.05) is 24.8 Å². The highest BCUT2D eigenvalue weighted by molar-refractivity contribution is 5.97. The first-order valence-corrected chi connectivity index (χ1v) is 9.94. The van der Waals surface area contributed by atoms with Crippen molar-refractivity contribution in [3.05, 3.63) is 48.6 Å². The summed E-state index contributed by atoms with van der Waals surface area (Å²) in [5.74, 6) is -0.00312. The average Bonchev–Trinajstić information content (AvgIpc) is 2.70. The van der Waals surface area contributed by atoms with Crippen LogP contribution in [0.5, 0.6) is 0 Å². The Balaban J connectivity index is 2.03. The molecule has 0 aliphatic carbocycles. The van der Waals surface area contributed by atoms with Gasteiger partial charge >= 0.3 is 0 Å². The molecular formula is C22H31N3O3. The van der Waals surface area contributed by atoms with E-state index < -0.39 is 6.04 Å². The molecule has 28 heavy (non-hydrogen) atoms. The van der Waals surface area contributed by atoms with Crippen LogP contribution in [0.15, 0.2) is 43.0 Å². The van der Waals surface area contributed by atoms with E-state index in [2.05, 4.69) is 17.2 Å². The first kappa shape index (κ1) is 21.7. The van der Waals surface area contributed by atoms with E-state index in [4.69, 9.17) is 0 Å². The average molecular weight is 386 g/mol. The Labute approximate surface area is 167 Å². The van der Waals surface area contributed by atoms with Crippen molar-refractivity contribution in [1.29, 1.82) is 0 Å². The van der Waals surface area contributed by atoms with Crippen LogP contribution >= 0.6 is 0 Å². The lowest BCUT2D eigenvalue weighted by atomic mass is 9.88. The molecule has 0 aromatic heterocycles. The second-order valence-corrected chi connectivity index (χ2v) is 7.67. The number of piperidine rings is 1. The molecule has 1 saturated heterocycles. The standard InChI is InChI=1S/C22H31N3O3/c1-4-12-23-22(28)20(24-21(27)18-8-6-5-7-9-18)17-10-13-25(14-11-17)19(26)15-16(2)3/h4-9,16-17,20H,1,10-15H2,2-3H3,(H,23,28)(H,24,27). The molecule has 6 nitrogen and oxygen atoms in total. The number of likely N-dealkylation sites (tertiary alicyclic amines) is 1. The number of carbonyl (C=O) groups excluding carboxylic acids is 3. The lowest BCUT2D eigenvalue weighted by molar-refractivity contribution is -0.133. The Kier molecular flexibility index (Phi) is 8.23. The molecule has 1 unspecified atom stereocenters. The molecule has 2 N–H and O–H groups in total. The van der Waals surface area contributed by atoms with Crippen LogP contribution in [0.2, 0.25) is 0 Å². The van der Waals surface area contributed by atoms with Gasteiger partial charge in [-0.3, -0.25) is 14.4 Å². The van der Waals surface area contributed by atoms with Crippen molar-refractivity contribution in [1.82, 2.24) is 15.5 Å². The molecule has 1 aromatic rings. The molecule has 2 rings (SSSR count). The topological polar surface area (TPSA) is 78.5 Å². The van der Waals surface area contributed by atoms with Crippen molar-refractivity contribution in [3.8, 4) is 0 Å². The van der Waals surface area contributed by atoms with Crippen molar-refractivity contribution in [2.24, 2.45) is 11.8 Å². The fraction of sp³-hybridized carbons (Fsp3) is 0.500. The Morgan fingerprint density at radius 1 is 1.18 bits per heavy atom. The lowest BCUT2D eigenvalue weighted by Gasteiger charge is -2.36. The zero-order valence-corrected chi connectivity index (χ0v) is 16.8. The predicted molar refractivity (Wildman–Crippen MR) is 110 cm³/mol. The molecule has 3 amide bonds. The highest BCUT2D eigenvalue weighted by atomic mass is 16.2. The maximum atomic E-state index is 12.7. The van der Waals surface area contributed by atoms with Crippen molar-refractivity contribution in [2.45, 2.75) is 39.2 Å². The van der Waals surface area contributed by atoms with E-state index in [-0.39, 0.29) is 23.6 Å². The van der Waals surface area contributed by atoms with Gasteiger partial charge in [-0.2, -0.15) is 0 Å². The summed E-state index contributed by atoms with van der Waals surface area (Å²) in [6.45, 7) is 9.26. The van der Waals surface area contributed by atoms with Gasteiger partial charge in [0.05, 0.1) is 0 Å². The molecular weight excluding hydrogens is 354 g/mol. The molecule has 1 aromatic carbocycles. The molecule has 0 bridgehead atoms. The summed E-state index contributed by atoms with van der Waals surface area (Å²) in [5, 5.41) is 5.69. The van der Waals surface area contributed by atoms with E-state index in [0.717, 1.165) is 0 Å². The Morgan fingerprint density at radius 3 is 2.39 bits per heavy atom. The van der Waals surface area contributed by atoms with Crippen molar-refractivity contribution >= 4 is 17.7 Å². The van der Waals surface area contributed by atoms with Gasteiger partial charge < -0.3 is 15.5 Å². The number of hydrogen-bond acceptors (Lipinski definition) is 3. The molecule has 0 saturated carbocycles.